The molecule has 0 spiro atoms. The summed E-state index contributed by atoms with van der Waals surface area (Å²) in [5.41, 5.74) is -0.589. The Labute approximate surface area is 145 Å². The van der Waals surface area contributed by atoms with Crippen molar-refractivity contribution >= 4 is 11.6 Å². The molecule has 1 heterocycles. The highest BCUT2D eigenvalue weighted by atomic mass is 19.1. The molecular weight excluding hydrogens is 330 g/mol. The molecule has 0 fully saturated rings. The summed E-state index contributed by atoms with van der Waals surface area (Å²) >= 11 is 0. The minimum absolute atomic E-state index is 0.154. The summed E-state index contributed by atoms with van der Waals surface area (Å²) in [4.78, 5) is 16.0. The number of pyridine rings is 1. The van der Waals surface area contributed by atoms with Crippen LogP contribution in [0.25, 0.3) is 0 Å². The van der Waals surface area contributed by atoms with Crippen molar-refractivity contribution in [3.8, 4) is 5.88 Å². The number of hydrogen-bond donors (Lipinski definition) is 1. The van der Waals surface area contributed by atoms with Gasteiger partial charge in [0.15, 0.2) is 0 Å². The number of nitrogens with zero attached hydrogens (tertiary/aromatic N) is 1. The lowest BCUT2D eigenvalue weighted by Gasteiger charge is -2.19. The monoisotopic (exact) mass is 350 g/mol. The van der Waals surface area contributed by atoms with Crippen LogP contribution in [0.15, 0.2) is 36.5 Å². The maximum absolute atomic E-state index is 13.5. The second-order valence-electron chi connectivity index (χ2n) is 6.25. The van der Waals surface area contributed by atoms with Crippen LogP contribution in [-0.2, 0) is 4.74 Å². The zero-order chi connectivity index (χ0) is 18.4. The van der Waals surface area contributed by atoms with Gasteiger partial charge in [0.2, 0.25) is 5.88 Å². The summed E-state index contributed by atoms with van der Waals surface area (Å²) in [6.07, 6.45) is 1.27. The SMILES string of the molecule is CC(C)(C)OCCOc1ccc(C(=O)Nc2c(F)cccc2F)cn1. The third-order valence-corrected chi connectivity index (χ3v) is 3.07. The first kappa shape index (κ1) is 18.8. The van der Waals surface area contributed by atoms with E-state index in [1.807, 2.05) is 20.8 Å². The van der Waals surface area contributed by atoms with E-state index in [0.717, 1.165) is 12.1 Å². The molecule has 0 radical (unpaired) electrons. The lowest BCUT2D eigenvalue weighted by molar-refractivity contribution is -0.0168. The second-order valence-corrected chi connectivity index (χ2v) is 6.25. The van der Waals surface area contributed by atoms with E-state index in [1.165, 1.54) is 24.4 Å². The second kappa shape index (κ2) is 8.02. The van der Waals surface area contributed by atoms with Crippen LogP contribution in [-0.4, -0.2) is 29.7 Å². The van der Waals surface area contributed by atoms with Crippen LogP contribution < -0.4 is 10.1 Å². The van der Waals surface area contributed by atoms with Crippen LogP contribution >= 0.6 is 0 Å². The zero-order valence-electron chi connectivity index (χ0n) is 14.3. The maximum atomic E-state index is 13.5. The summed E-state index contributed by atoms with van der Waals surface area (Å²) in [7, 11) is 0. The van der Waals surface area contributed by atoms with E-state index in [0.29, 0.717) is 19.1 Å². The van der Waals surface area contributed by atoms with Crippen molar-refractivity contribution in [2.75, 3.05) is 18.5 Å². The molecule has 1 N–H and O–H groups in total. The normalized spacial score (nSPS) is 11.2. The Balaban J connectivity index is 1.92. The number of rotatable bonds is 6. The molecule has 2 aromatic rings. The van der Waals surface area contributed by atoms with Crippen LogP contribution in [0.3, 0.4) is 0 Å². The molecular formula is C18H20F2N2O3. The summed E-state index contributed by atoms with van der Waals surface area (Å²) in [6.45, 7) is 6.54. The Kier molecular flexibility index (Phi) is 6.03. The number of amides is 1. The molecule has 0 aliphatic carbocycles. The number of anilines is 1. The fraction of sp³-hybridized carbons (Fsp3) is 0.333. The van der Waals surface area contributed by atoms with Crippen LogP contribution in [0.1, 0.15) is 31.1 Å². The highest BCUT2D eigenvalue weighted by Crippen LogP contribution is 2.19. The highest BCUT2D eigenvalue weighted by molar-refractivity contribution is 6.04. The zero-order valence-corrected chi connectivity index (χ0v) is 14.3. The Bertz CT molecular complexity index is 708. The molecule has 0 aliphatic heterocycles. The van der Waals surface area contributed by atoms with Crippen molar-refractivity contribution in [1.82, 2.24) is 4.98 Å². The van der Waals surface area contributed by atoms with E-state index in [1.54, 1.807) is 0 Å². The number of nitrogens with one attached hydrogen (secondary N) is 1. The van der Waals surface area contributed by atoms with Gasteiger partial charge in [0.25, 0.3) is 5.91 Å². The van der Waals surface area contributed by atoms with E-state index < -0.39 is 23.2 Å². The summed E-state index contributed by atoms with van der Waals surface area (Å²) < 4.78 is 38.0. The topological polar surface area (TPSA) is 60.5 Å². The van der Waals surface area contributed by atoms with Gasteiger partial charge in [-0.2, -0.15) is 0 Å². The average molecular weight is 350 g/mol. The number of benzene rings is 1. The molecule has 134 valence electrons. The van der Waals surface area contributed by atoms with Crippen LogP contribution in [0.5, 0.6) is 5.88 Å². The lowest BCUT2D eigenvalue weighted by Crippen LogP contribution is -2.22. The molecule has 0 unspecified atom stereocenters. The Hall–Kier alpha value is -2.54. The number of ether oxygens (including phenoxy) is 2. The standard InChI is InChI=1S/C18H20F2N2O3/c1-18(2,3)25-10-9-24-15-8-7-12(11-21-15)17(23)22-16-13(19)5-4-6-14(16)20/h4-8,11H,9-10H2,1-3H3,(H,22,23). The summed E-state index contributed by atoms with van der Waals surface area (Å²) in [6, 6.07) is 6.31. The van der Waals surface area contributed by atoms with E-state index in [-0.39, 0.29) is 11.2 Å². The maximum Gasteiger partial charge on any atom is 0.257 e. The van der Waals surface area contributed by atoms with E-state index in [9.17, 15) is 13.6 Å². The van der Waals surface area contributed by atoms with Gasteiger partial charge in [0.05, 0.1) is 17.8 Å². The lowest BCUT2D eigenvalue weighted by atomic mass is 10.2. The van der Waals surface area contributed by atoms with Crippen molar-refractivity contribution < 1.29 is 23.0 Å². The number of aromatic nitrogens is 1. The predicted octanol–water partition coefficient (Wildman–Crippen LogP) is 3.81. The summed E-state index contributed by atoms with van der Waals surface area (Å²) in [5, 5.41) is 2.19. The Morgan fingerprint density at radius 1 is 1.12 bits per heavy atom. The van der Waals surface area contributed by atoms with Crippen molar-refractivity contribution in [2.24, 2.45) is 0 Å². The molecule has 25 heavy (non-hydrogen) atoms. The van der Waals surface area contributed by atoms with E-state index in [2.05, 4.69) is 10.3 Å². The highest BCUT2D eigenvalue weighted by Gasteiger charge is 2.14. The van der Waals surface area contributed by atoms with Crippen molar-refractivity contribution in [3.63, 3.8) is 0 Å². The first-order valence-electron chi connectivity index (χ1n) is 7.74. The fourth-order valence-electron chi connectivity index (χ4n) is 1.90. The van der Waals surface area contributed by atoms with Gasteiger partial charge in [-0.25, -0.2) is 13.8 Å². The van der Waals surface area contributed by atoms with E-state index in [4.69, 9.17) is 9.47 Å². The van der Waals surface area contributed by atoms with Crippen LogP contribution in [0, 0.1) is 11.6 Å². The minimum atomic E-state index is -0.847. The fourth-order valence-corrected chi connectivity index (χ4v) is 1.90. The quantitative estimate of drug-likeness (QED) is 0.805. The van der Waals surface area contributed by atoms with Crippen molar-refractivity contribution in [3.05, 3.63) is 53.7 Å². The third-order valence-electron chi connectivity index (χ3n) is 3.07. The average Bonchev–Trinajstić information content (AvgIpc) is 2.55. The van der Waals surface area contributed by atoms with Gasteiger partial charge in [-0.05, 0) is 39.0 Å². The molecule has 1 aromatic carbocycles. The molecule has 2 rings (SSSR count). The molecule has 7 heteroatoms. The van der Waals surface area contributed by atoms with Crippen LogP contribution in [0.2, 0.25) is 0 Å². The van der Waals surface area contributed by atoms with Gasteiger partial charge in [0, 0.05) is 12.3 Å². The number of carbonyl (C=O) groups excluding carboxylic acids is 1. The van der Waals surface area contributed by atoms with Gasteiger partial charge in [0.1, 0.15) is 23.9 Å². The largest absolute Gasteiger partial charge is 0.475 e. The summed E-state index contributed by atoms with van der Waals surface area (Å²) in [5.74, 6) is -2.04. The Morgan fingerprint density at radius 3 is 2.36 bits per heavy atom. The number of hydrogen-bond acceptors (Lipinski definition) is 4. The van der Waals surface area contributed by atoms with Crippen LogP contribution in [0.4, 0.5) is 14.5 Å². The smallest absolute Gasteiger partial charge is 0.257 e. The predicted molar refractivity (Wildman–Crippen MR) is 89.7 cm³/mol. The molecule has 0 aliphatic rings. The van der Waals surface area contributed by atoms with Crippen molar-refractivity contribution in [2.45, 2.75) is 26.4 Å². The number of carbonyl (C=O) groups is 1. The van der Waals surface area contributed by atoms with Gasteiger partial charge in [-0.15, -0.1) is 0 Å². The Morgan fingerprint density at radius 2 is 1.80 bits per heavy atom. The number of para-hydroxylation sites is 1. The first-order chi connectivity index (χ1) is 11.8. The van der Waals surface area contributed by atoms with E-state index >= 15 is 0 Å². The molecule has 1 amide bonds. The molecule has 5 nitrogen and oxygen atoms in total. The van der Waals surface area contributed by atoms with Crippen molar-refractivity contribution in [1.29, 1.82) is 0 Å². The minimum Gasteiger partial charge on any atom is -0.475 e. The molecule has 0 saturated heterocycles. The molecule has 0 saturated carbocycles. The van der Waals surface area contributed by atoms with Gasteiger partial charge in [-0.1, -0.05) is 6.07 Å². The molecule has 0 atom stereocenters. The van der Waals surface area contributed by atoms with Gasteiger partial charge in [-0.3, -0.25) is 4.79 Å². The van der Waals surface area contributed by atoms with Gasteiger partial charge >= 0.3 is 0 Å². The third kappa shape index (κ3) is 5.79. The first-order valence-corrected chi connectivity index (χ1v) is 7.74. The van der Waals surface area contributed by atoms with Gasteiger partial charge < -0.3 is 14.8 Å². The molecule has 0 bridgehead atoms. The molecule has 1 aromatic heterocycles. The number of halogens is 2.